The van der Waals surface area contributed by atoms with Gasteiger partial charge in [-0.05, 0) is 58.3 Å². The predicted octanol–water partition coefficient (Wildman–Crippen LogP) is 2.03. The molecular weight excluding hydrogens is 216 g/mol. The third kappa shape index (κ3) is 2.92. The Hall–Kier alpha value is -0.770. The number of hydrogen-bond donors (Lipinski definition) is 2. The van der Waals surface area contributed by atoms with E-state index in [9.17, 15) is 4.79 Å². The van der Waals surface area contributed by atoms with Gasteiger partial charge < -0.3 is 15.8 Å². The van der Waals surface area contributed by atoms with E-state index in [1.54, 1.807) is 0 Å². The highest BCUT2D eigenvalue weighted by Crippen LogP contribution is 2.44. The van der Waals surface area contributed by atoms with Crippen LogP contribution in [-0.4, -0.2) is 23.8 Å². The van der Waals surface area contributed by atoms with Crippen molar-refractivity contribution in [2.24, 2.45) is 17.6 Å². The van der Waals surface area contributed by atoms with Crippen molar-refractivity contribution >= 4 is 6.09 Å². The second kappa shape index (κ2) is 4.48. The van der Waals surface area contributed by atoms with Crippen LogP contribution in [0.3, 0.4) is 0 Å². The molecule has 0 bridgehead atoms. The van der Waals surface area contributed by atoms with Crippen molar-refractivity contribution in [1.82, 2.24) is 5.32 Å². The number of nitrogens with two attached hydrogens (primary N) is 1. The molecular formula is C13H24N2O2. The Bertz CT molecular complexity index is 298. The number of carbonyl (C=O) groups is 1. The topological polar surface area (TPSA) is 64.3 Å². The Labute approximate surface area is 103 Å². The molecule has 0 heterocycles. The minimum atomic E-state index is -0.422. The third-order valence-electron chi connectivity index (χ3n) is 3.96. The molecule has 2 aliphatic carbocycles. The van der Waals surface area contributed by atoms with Gasteiger partial charge in [-0.25, -0.2) is 4.79 Å². The quantitative estimate of drug-likeness (QED) is 0.737. The molecule has 17 heavy (non-hydrogen) atoms. The monoisotopic (exact) mass is 240 g/mol. The molecule has 0 saturated heterocycles. The summed E-state index contributed by atoms with van der Waals surface area (Å²) in [6.45, 7) is 5.65. The maximum absolute atomic E-state index is 11.7. The molecule has 1 amide bonds. The van der Waals surface area contributed by atoms with Crippen LogP contribution >= 0.6 is 0 Å². The standard InChI is InChI=1S/C13H24N2O2/c1-13(2,3)17-12(16)15-11-7-6-10(14)8-4-5-9(8)11/h8-11H,4-7,14H2,1-3H3,(H,15,16). The summed E-state index contributed by atoms with van der Waals surface area (Å²) in [5.74, 6) is 1.19. The molecule has 0 aliphatic heterocycles. The molecule has 0 aromatic carbocycles. The van der Waals surface area contributed by atoms with Crippen molar-refractivity contribution in [3.8, 4) is 0 Å². The Kier molecular flexibility index (Phi) is 3.34. The van der Waals surface area contributed by atoms with Gasteiger partial charge in [-0.1, -0.05) is 0 Å². The number of hydrogen-bond acceptors (Lipinski definition) is 3. The normalized spacial score (nSPS) is 36.7. The Morgan fingerprint density at radius 2 is 1.82 bits per heavy atom. The zero-order valence-electron chi connectivity index (χ0n) is 11.0. The summed E-state index contributed by atoms with van der Waals surface area (Å²) in [5, 5.41) is 3.01. The van der Waals surface area contributed by atoms with Gasteiger partial charge in [-0.2, -0.15) is 0 Å². The molecule has 4 atom stereocenters. The minimum Gasteiger partial charge on any atom is -0.444 e. The summed E-state index contributed by atoms with van der Waals surface area (Å²) in [6.07, 6.45) is 4.13. The number of nitrogens with one attached hydrogen (secondary N) is 1. The first-order valence-corrected chi connectivity index (χ1v) is 6.62. The van der Waals surface area contributed by atoms with Gasteiger partial charge in [0.05, 0.1) is 0 Å². The lowest BCUT2D eigenvalue weighted by Crippen LogP contribution is -2.56. The van der Waals surface area contributed by atoms with E-state index in [-0.39, 0.29) is 12.1 Å². The fraction of sp³-hybridized carbons (Fsp3) is 0.923. The van der Waals surface area contributed by atoms with Crippen LogP contribution in [0.1, 0.15) is 46.5 Å². The van der Waals surface area contributed by atoms with E-state index in [0.717, 1.165) is 12.8 Å². The van der Waals surface area contributed by atoms with Crippen molar-refractivity contribution in [2.75, 3.05) is 0 Å². The Morgan fingerprint density at radius 3 is 2.35 bits per heavy atom. The van der Waals surface area contributed by atoms with E-state index in [2.05, 4.69) is 5.32 Å². The van der Waals surface area contributed by atoms with E-state index in [1.807, 2.05) is 20.8 Å². The molecule has 4 nitrogen and oxygen atoms in total. The Balaban J connectivity index is 1.85. The van der Waals surface area contributed by atoms with Crippen LogP contribution in [0.2, 0.25) is 0 Å². The molecule has 4 heteroatoms. The average molecular weight is 240 g/mol. The highest BCUT2D eigenvalue weighted by Gasteiger charge is 2.44. The molecule has 0 radical (unpaired) electrons. The molecule has 0 aromatic heterocycles. The number of ether oxygens (including phenoxy) is 1. The fourth-order valence-corrected chi connectivity index (χ4v) is 3.02. The maximum Gasteiger partial charge on any atom is 0.407 e. The van der Waals surface area contributed by atoms with Gasteiger partial charge in [-0.3, -0.25) is 0 Å². The van der Waals surface area contributed by atoms with E-state index < -0.39 is 5.60 Å². The van der Waals surface area contributed by atoms with Gasteiger partial charge in [0.1, 0.15) is 5.60 Å². The van der Waals surface area contributed by atoms with Crippen LogP contribution in [0.25, 0.3) is 0 Å². The van der Waals surface area contributed by atoms with Crippen molar-refractivity contribution in [2.45, 2.75) is 64.1 Å². The lowest BCUT2D eigenvalue weighted by Gasteiger charge is -2.49. The number of fused-ring (bicyclic) bond motifs is 1. The molecule has 98 valence electrons. The van der Waals surface area contributed by atoms with Crippen LogP contribution in [0, 0.1) is 11.8 Å². The highest BCUT2D eigenvalue weighted by molar-refractivity contribution is 5.68. The van der Waals surface area contributed by atoms with Gasteiger partial charge in [0.2, 0.25) is 0 Å². The van der Waals surface area contributed by atoms with Gasteiger partial charge in [0.15, 0.2) is 0 Å². The first-order chi connectivity index (χ1) is 7.87. The minimum absolute atomic E-state index is 0.267. The summed E-state index contributed by atoms with van der Waals surface area (Å²) in [7, 11) is 0. The van der Waals surface area contributed by atoms with Gasteiger partial charge in [-0.15, -0.1) is 0 Å². The lowest BCUT2D eigenvalue weighted by atomic mass is 9.61. The predicted molar refractivity (Wildman–Crippen MR) is 66.6 cm³/mol. The summed E-state index contributed by atoms with van der Waals surface area (Å²) < 4.78 is 5.29. The van der Waals surface area contributed by atoms with E-state index in [0.29, 0.717) is 17.9 Å². The SMILES string of the molecule is CC(C)(C)OC(=O)NC1CCC(N)C2CCC12. The second-order valence-electron chi connectivity index (χ2n) is 6.40. The first-order valence-electron chi connectivity index (χ1n) is 6.62. The number of rotatable bonds is 1. The van der Waals surface area contributed by atoms with Gasteiger partial charge in [0, 0.05) is 12.1 Å². The smallest absolute Gasteiger partial charge is 0.407 e. The van der Waals surface area contributed by atoms with E-state index >= 15 is 0 Å². The van der Waals surface area contributed by atoms with Gasteiger partial charge >= 0.3 is 6.09 Å². The fourth-order valence-electron chi connectivity index (χ4n) is 3.02. The summed E-state index contributed by atoms with van der Waals surface area (Å²) >= 11 is 0. The van der Waals surface area contributed by atoms with Crippen LogP contribution in [0.5, 0.6) is 0 Å². The molecule has 2 fully saturated rings. The molecule has 2 saturated carbocycles. The maximum atomic E-state index is 11.7. The van der Waals surface area contributed by atoms with Crippen molar-refractivity contribution in [1.29, 1.82) is 0 Å². The summed E-state index contributed by atoms with van der Waals surface area (Å²) in [4.78, 5) is 11.7. The number of alkyl carbamates (subject to hydrolysis) is 1. The second-order valence-corrected chi connectivity index (χ2v) is 6.40. The number of amides is 1. The zero-order chi connectivity index (χ0) is 12.6. The number of carbonyl (C=O) groups excluding carboxylic acids is 1. The Morgan fingerprint density at radius 1 is 1.18 bits per heavy atom. The lowest BCUT2D eigenvalue weighted by molar-refractivity contribution is 0.0263. The first kappa shape index (κ1) is 12.7. The van der Waals surface area contributed by atoms with Crippen LogP contribution in [0.15, 0.2) is 0 Å². The van der Waals surface area contributed by atoms with Crippen LogP contribution < -0.4 is 11.1 Å². The van der Waals surface area contributed by atoms with E-state index in [4.69, 9.17) is 10.5 Å². The summed E-state index contributed by atoms with van der Waals surface area (Å²) in [5.41, 5.74) is 5.65. The third-order valence-corrected chi connectivity index (χ3v) is 3.96. The van der Waals surface area contributed by atoms with Crippen molar-refractivity contribution in [3.63, 3.8) is 0 Å². The largest absolute Gasteiger partial charge is 0.444 e. The zero-order valence-corrected chi connectivity index (χ0v) is 11.0. The molecule has 0 aromatic rings. The molecule has 2 rings (SSSR count). The van der Waals surface area contributed by atoms with Crippen LogP contribution in [-0.2, 0) is 4.74 Å². The molecule has 0 spiro atoms. The average Bonchev–Trinajstić information content (AvgIpc) is 2.06. The van der Waals surface area contributed by atoms with Gasteiger partial charge in [0.25, 0.3) is 0 Å². The van der Waals surface area contributed by atoms with Crippen molar-refractivity contribution < 1.29 is 9.53 Å². The van der Waals surface area contributed by atoms with Crippen molar-refractivity contribution in [3.05, 3.63) is 0 Å². The highest BCUT2D eigenvalue weighted by atomic mass is 16.6. The molecule has 3 N–H and O–H groups in total. The molecule has 4 unspecified atom stereocenters. The van der Waals surface area contributed by atoms with Crippen LogP contribution in [0.4, 0.5) is 4.79 Å². The van der Waals surface area contributed by atoms with E-state index in [1.165, 1.54) is 12.8 Å². The molecule has 2 aliphatic rings. The summed E-state index contributed by atoms with van der Waals surface area (Å²) in [6, 6.07) is 0.605.